The van der Waals surface area contributed by atoms with Gasteiger partial charge in [-0.1, -0.05) is 0 Å². The predicted molar refractivity (Wildman–Crippen MR) is 25.7 cm³/mol. The molecule has 50 valence electrons. The number of alkyl halides is 2. The summed E-state index contributed by atoms with van der Waals surface area (Å²) in [5.74, 6) is -3.12. The summed E-state index contributed by atoms with van der Waals surface area (Å²) in [5, 5.41) is 8.25. The van der Waals surface area contributed by atoms with E-state index in [2.05, 4.69) is 5.73 Å². The Hall–Kier alpha value is -0.220. The lowest BCUT2D eigenvalue weighted by Gasteiger charge is -2.15. The van der Waals surface area contributed by atoms with E-state index in [1.54, 1.807) is 0 Å². The molecular formula is C4H9F2NO. The fourth-order valence-electron chi connectivity index (χ4n) is 0.171. The normalized spacial score (nSPS) is 16.1. The second-order valence-corrected chi connectivity index (χ2v) is 1.64. The molecule has 0 amide bonds. The van der Waals surface area contributed by atoms with Gasteiger partial charge in [-0.3, -0.25) is 0 Å². The van der Waals surface area contributed by atoms with Gasteiger partial charge in [-0.15, -0.1) is 0 Å². The summed E-state index contributed by atoms with van der Waals surface area (Å²) >= 11 is 0. The molecule has 0 heterocycles. The van der Waals surface area contributed by atoms with Gasteiger partial charge in [0, 0.05) is 0 Å². The van der Waals surface area contributed by atoms with E-state index in [0.29, 0.717) is 0 Å². The van der Waals surface area contributed by atoms with Crippen LogP contribution in [0.4, 0.5) is 8.78 Å². The van der Waals surface area contributed by atoms with Crippen LogP contribution in [0.3, 0.4) is 0 Å². The molecule has 0 aliphatic rings. The van der Waals surface area contributed by atoms with E-state index in [0.717, 1.165) is 6.92 Å². The Morgan fingerprint density at radius 1 is 1.75 bits per heavy atom. The monoisotopic (exact) mass is 125 g/mol. The number of hydrogen-bond donors (Lipinski definition) is 2. The van der Waals surface area contributed by atoms with E-state index >= 15 is 0 Å². The summed E-state index contributed by atoms with van der Waals surface area (Å²) in [6.45, 7) is 0.206. The van der Waals surface area contributed by atoms with Crippen molar-refractivity contribution in [3.8, 4) is 0 Å². The molecule has 0 spiro atoms. The van der Waals surface area contributed by atoms with Gasteiger partial charge in [0.1, 0.15) is 6.10 Å². The van der Waals surface area contributed by atoms with Crippen molar-refractivity contribution in [3.63, 3.8) is 0 Å². The molecular weight excluding hydrogens is 116 g/mol. The van der Waals surface area contributed by atoms with Crippen LogP contribution in [0.15, 0.2) is 0 Å². The van der Waals surface area contributed by atoms with Crippen molar-refractivity contribution in [1.82, 2.24) is 0 Å². The van der Waals surface area contributed by atoms with Crippen LogP contribution in [-0.2, 0) is 0 Å². The molecule has 0 aliphatic carbocycles. The van der Waals surface area contributed by atoms with E-state index in [1.165, 1.54) is 0 Å². The van der Waals surface area contributed by atoms with Crippen molar-refractivity contribution in [3.05, 3.63) is 0 Å². The fourth-order valence-corrected chi connectivity index (χ4v) is 0.171. The fraction of sp³-hybridized carbons (Fsp3) is 1.00. The first-order chi connectivity index (χ1) is 3.50. The van der Waals surface area contributed by atoms with Crippen molar-refractivity contribution in [2.45, 2.75) is 19.0 Å². The van der Waals surface area contributed by atoms with Crippen LogP contribution in [0, 0.1) is 0 Å². The highest BCUT2D eigenvalue weighted by Gasteiger charge is 2.32. The van der Waals surface area contributed by atoms with Gasteiger partial charge in [-0.2, -0.15) is 0 Å². The zero-order valence-electron chi connectivity index (χ0n) is 4.56. The van der Waals surface area contributed by atoms with Gasteiger partial charge in [-0.05, 0) is 6.92 Å². The molecule has 3 N–H and O–H groups in total. The van der Waals surface area contributed by atoms with Gasteiger partial charge in [0.2, 0.25) is 0 Å². The zero-order chi connectivity index (χ0) is 6.78. The van der Waals surface area contributed by atoms with Gasteiger partial charge < -0.3 is 10.8 Å². The Balaban J connectivity index is 3.71. The topological polar surface area (TPSA) is 46.2 Å². The summed E-state index contributed by atoms with van der Waals surface area (Å²) in [6, 6.07) is 0. The third-order valence-electron chi connectivity index (χ3n) is 0.883. The molecule has 0 aliphatic heterocycles. The smallest absolute Gasteiger partial charge is 0.285 e. The molecule has 0 aromatic carbocycles. The van der Waals surface area contributed by atoms with Crippen molar-refractivity contribution in [2.24, 2.45) is 5.73 Å². The summed E-state index contributed by atoms with van der Waals surface area (Å²) in [6.07, 6.45) is -1.65. The molecule has 4 heteroatoms. The average molecular weight is 125 g/mol. The lowest BCUT2D eigenvalue weighted by Crippen LogP contribution is -2.38. The maximum atomic E-state index is 11.9. The third-order valence-corrected chi connectivity index (χ3v) is 0.883. The van der Waals surface area contributed by atoms with Crippen LogP contribution in [0.5, 0.6) is 0 Å². The van der Waals surface area contributed by atoms with E-state index in [4.69, 9.17) is 5.11 Å². The highest BCUT2D eigenvalue weighted by atomic mass is 19.3. The second kappa shape index (κ2) is 2.37. The van der Waals surface area contributed by atoms with Gasteiger partial charge >= 0.3 is 0 Å². The number of aliphatic hydroxyl groups is 1. The highest BCUT2D eigenvalue weighted by Crippen LogP contribution is 2.15. The minimum Gasteiger partial charge on any atom is -0.387 e. The quantitative estimate of drug-likeness (QED) is 0.544. The van der Waals surface area contributed by atoms with Crippen LogP contribution in [0.2, 0.25) is 0 Å². The molecule has 1 atom stereocenters. The molecule has 0 aromatic rings. The Bertz CT molecular complexity index is 74.4. The minimum atomic E-state index is -3.12. The van der Waals surface area contributed by atoms with Gasteiger partial charge in [0.15, 0.2) is 0 Å². The summed E-state index contributed by atoms with van der Waals surface area (Å²) < 4.78 is 23.8. The molecule has 0 saturated carbocycles. The molecule has 0 aromatic heterocycles. The largest absolute Gasteiger partial charge is 0.387 e. The summed E-state index contributed by atoms with van der Waals surface area (Å²) in [7, 11) is 0. The van der Waals surface area contributed by atoms with Crippen LogP contribution in [-0.4, -0.2) is 23.7 Å². The molecule has 0 fully saturated rings. The lowest BCUT2D eigenvalue weighted by atomic mass is 10.2. The first-order valence-electron chi connectivity index (χ1n) is 2.26. The van der Waals surface area contributed by atoms with Gasteiger partial charge in [0.25, 0.3) is 5.92 Å². The van der Waals surface area contributed by atoms with Crippen molar-refractivity contribution in [2.75, 3.05) is 6.54 Å². The maximum absolute atomic E-state index is 11.9. The van der Waals surface area contributed by atoms with Crippen molar-refractivity contribution < 1.29 is 13.9 Å². The standard InChI is InChI=1S/C4H9F2NO/c1-3(8)4(5,6)2-7/h3,8H,2,7H2,1H3. The van der Waals surface area contributed by atoms with E-state index in [-0.39, 0.29) is 0 Å². The van der Waals surface area contributed by atoms with Crippen LogP contribution < -0.4 is 5.73 Å². The number of hydrogen-bond acceptors (Lipinski definition) is 2. The van der Waals surface area contributed by atoms with Crippen LogP contribution in [0.25, 0.3) is 0 Å². The van der Waals surface area contributed by atoms with Crippen LogP contribution >= 0.6 is 0 Å². The number of halogens is 2. The Kier molecular flexibility index (Phi) is 2.30. The first-order valence-corrected chi connectivity index (χ1v) is 2.26. The Morgan fingerprint density at radius 3 is 2.12 bits per heavy atom. The molecule has 0 bridgehead atoms. The number of nitrogens with two attached hydrogens (primary N) is 1. The molecule has 1 unspecified atom stereocenters. The highest BCUT2D eigenvalue weighted by molar-refractivity contribution is 4.72. The second-order valence-electron chi connectivity index (χ2n) is 1.64. The van der Waals surface area contributed by atoms with Crippen molar-refractivity contribution in [1.29, 1.82) is 0 Å². The number of rotatable bonds is 2. The molecule has 0 radical (unpaired) electrons. The Morgan fingerprint density at radius 2 is 2.12 bits per heavy atom. The average Bonchev–Trinajstić information content (AvgIpc) is 1.67. The lowest BCUT2D eigenvalue weighted by molar-refractivity contribution is -0.0910. The Labute approximate surface area is 46.3 Å². The predicted octanol–water partition coefficient (Wildman–Crippen LogP) is -0.0388. The molecule has 2 nitrogen and oxygen atoms in total. The number of aliphatic hydroxyl groups excluding tert-OH is 1. The summed E-state index contributed by atoms with van der Waals surface area (Å²) in [5.41, 5.74) is 4.60. The molecule has 8 heavy (non-hydrogen) atoms. The van der Waals surface area contributed by atoms with E-state index in [1.807, 2.05) is 0 Å². The van der Waals surface area contributed by atoms with Crippen molar-refractivity contribution >= 4 is 0 Å². The van der Waals surface area contributed by atoms with Gasteiger partial charge in [0.05, 0.1) is 6.54 Å². The molecule has 0 rings (SSSR count). The molecule has 0 saturated heterocycles. The third kappa shape index (κ3) is 1.71. The summed E-state index contributed by atoms with van der Waals surface area (Å²) in [4.78, 5) is 0. The van der Waals surface area contributed by atoms with E-state index < -0.39 is 18.6 Å². The van der Waals surface area contributed by atoms with Crippen LogP contribution in [0.1, 0.15) is 6.92 Å². The zero-order valence-corrected chi connectivity index (χ0v) is 4.56. The van der Waals surface area contributed by atoms with E-state index in [9.17, 15) is 8.78 Å². The SMILES string of the molecule is CC(O)C(F)(F)CN. The van der Waals surface area contributed by atoms with Gasteiger partial charge in [-0.25, -0.2) is 8.78 Å². The first kappa shape index (κ1) is 7.78. The minimum absolute atomic E-state index is 0.801. The maximum Gasteiger partial charge on any atom is 0.285 e.